The molecular formula is C17H23ClN2O2. The Bertz CT molecular complexity index is 531. The van der Waals surface area contributed by atoms with E-state index >= 15 is 0 Å². The fourth-order valence-corrected chi connectivity index (χ4v) is 3.75. The fraction of sp³-hybridized carbons (Fsp3) is 0.588. The molecule has 0 bridgehead atoms. The predicted molar refractivity (Wildman–Crippen MR) is 87.1 cm³/mol. The highest BCUT2D eigenvalue weighted by molar-refractivity contribution is 6.30. The van der Waals surface area contributed by atoms with Crippen molar-refractivity contribution in [2.24, 2.45) is 5.92 Å². The number of carbonyl (C=O) groups is 1. The summed E-state index contributed by atoms with van der Waals surface area (Å²) in [6.07, 6.45) is 4.80. The van der Waals surface area contributed by atoms with Crippen molar-refractivity contribution < 1.29 is 9.90 Å². The van der Waals surface area contributed by atoms with Gasteiger partial charge in [0.25, 0.3) is 0 Å². The summed E-state index contributed by atoms with van der Waals surface area (Å²) in [5.41, 5.74) is 1.26. The second-order valence-corrected chi connectivity index (χ2v) is 7.03. The number of nitrogens with one attached hydrogen (secondary N) is 2. The molecule has 2 atom stereocenters. The van der Waals surface area contributed by atoms with Crippen LogP contribution in [0.2, 0.25) is 5.02 Å². The number of hydrogen-bond acceptors (Lipinski definition) is 2. The number of aliphatic hydroxyl groups is 1. The van der Waals surface area contributed by atoms with E-state index in [1.807, 2.05) is 18.2 Å². The van der Waals surface area contributed by atoms with Gasteiger partial charge in [0, 0.05) is 23.7 Å². The Balaban J connectivity index is 1.40. The standard InChI is InChI=1S/C17H23ClN2O2/c18-14-3-1-2-12(7-14)13-8-16(9-13)20-17(22)19-15-5-4-11(6-15)10-21/h1-3,7,11,13,15-16,21H,4-6,8-10H2,(H2,19,20,22)/t11-,13?,15+,16?/m1/s1. The maximum Gasteiger partial charge on any atom is 0.315 e. The molecule has 3 rings (SSSR count). The van der Waals surface area contributed by atoms with Crippen molar-refractivity contribution in [1.29, 1.82) is 0 Å². The minimum Gasteiger partial charge on any atom is -0.396 e. The van der Waals surface area contributed by atoms with Gasteiger partial charge in [-0.05, 0) is 61.6 Å². The van der Waals surface area contributed by atoms with E-state index in [0.29, 0.717) is 11.8 Å². The van der Waals surface area contributed by atoms with Crippen molar-refractivity contribution >= 4 is 17.6 Å². The average molecular weight is 323 g/mol. The number of hydrogen-bond donors (Lipinski definition) is 3. The first kappa shape index (κ1) is 15.6. The van der Waals surface area contributed by atoms with Gasteiger partial charge in [-0.2, -0.15) is 0 Å². The Morgan fingerprint density at radius 2 is 1.95 bits per heavy atom. The SMILES string of the molecule is O=C(NC1CC(c2cccc(Cl)c2)C1)N[C@H]1CC[C@@H](CO)C1. The smallest absolute Gasteiger partial charge is 0.315 e. The lowest BCUT2D eigenvalue weighted by molar-refractivity contribution is 0.214. The summed E-state index contributed by atoms with van der Waals surface area (Å²) in [4.78, 5) is 12.0. The van der Waals surface area contributed by atoms with Crippen LogP contribution in [0.3, 0.4) is 0 Å². The van der Waals surface area contributed by atoms with E-state index in [1.54, 1.807) is 0 Å². The molecule has 2 aliphatic rings. The predicted octanol–water partition coefficient (Wildman–Crippen LogP) is 3.05. The molecule has 0 radical (unpaired) electrons. The van der Waals surface area contributed by atoms with Gasteiger partial charge >= 0.3 is 6.03 Å². The van der Waals surface area contributed by atoms with E-state index in [0.717, 1.165) is 37.1 Å². The molecule has 1 aromatic carbocycles. The molecule has 22 heavy (non-hydrogen) atoms. The highest BCUT2D eigenvalue weighted by atomic mass is 35.5. The van der Waals surface area contributed by atoms with Crippen molar-refractivity contribution in [2.45, 2.75) is 50.1 Å². The summed E-state index contributed by atoms with van der Waals surface area (Å²) < 4.78 is 0. The summed E-state index contributed by atoms with van der Waals surface area (Å²) in [5, 5.41) is 16.0. The maximum absolute atomic E-state index is 12.0. The van der Waals surface area contributed by atoms with Gasteiger partial charge in [-0.25, -0.2) is 4.79 Å². The number of carbonyl (C=O) groups excluding carboxylic acids is 1. The third kappa shape index (κ3) is 3.73. The van der Waals surface area contributed by atoms with Crippen LogP contribution in [0.25, 0.3) is 0 Å². The molecule has 2 aliphatic carbocycles. The second-order valence-electron chi connectivity index (χ2n) is 6.60. The van der Waals surface area contributed by atoms with E-state index in [4.69, 9.17) is 16.7 Å². The largest absolute Gasteiger partial charge is 0.396 e. The highest BCUT2D eigenvalue weighted by Gasteiger charge is 2.32. The first-order chi connectivity index (χ1) is 10.6. The monoisotopic (exact) mass is 322 g/mol. The van der Waals surface area contributed by atoms with Crippen molar-refractivity contribution in [1.82, 2.24) is 10.6 Å². The average Bonchev–Trinajstić information content (AvgIpc) is 2.90. The Morgan fingerprint density at radius 1 is 1.18 bits per heavy atom. The second kappa shape index (κ2) is 6.88. The lowest BCUT2D eigenvalue weighted by Crippen LogP contribution is -2.49. The van der Waals surface area contributed by atoms with Crippen LogP contribution >= 0.6 is 11.6 Å². The Kier molecular flexibility index (Phi) is 4.89. The van der Waals surface area contributed by atoms with Crippen LogP contribution in [0.4, 0.5) is 4.79 Å². The number of urea groups is 1. The number of amides is 2. The van der Waals surface area contributed by atoms with E-state index in [9.17, 15) is 4.79 Å². The molecule has 0 unspecified atom stereocenters. The van der Waals surface area contributed by atoms with Crippen molar-refractivity contribution in [3.8, 4) is 0 Å². The molecule has 0 heterocycles. The van der Waals surface area contributed by atoms with Crippen LogP contribution in [0.15, 0.2) is 24.3 Å². The van der Waals surface area contributed by atoms with Crippen LogP contribution in [0, 0.1) is 5.92 Å². The lowest BCUT2D eigenvalue weighted by atomic mass is 9.76. The molecule has 1 aromatic rings. The van der Waals surface area contributed by atoms with Gasteiger partial charge in [-0.1, -0.05) is 23.7 Å². The quantitative estimate of drug-likeness (QED) is 0.798. The molecule has 0 aromatic heterocycles. The lowest BCUT2D eigenvalue weighted by Gasteiger charge is -2.36. The van der Waals surface area contributed by atoms with E-state index in [2.05, 4.69) is 16.7 Å². The van der Waals surface area contributed by atoms with Crippen LogP contribution < -0.4 is 10.6 Å². The first-order valence-electron chi connectivity index (χ1n) is 8.07. The Labute approximate surface area is 136 Å². The molecule has 2 amide bonds. The molecule has 2 fully saturated rings. The summed E-state index contributed by atoms with van der Waals surface area (Å²) in [6, 6.07) is 8.35. The number of halogens is 1. The summed E-state index contributed by atoms with van der Waals surface area (Å²) in [7, 11) is 0. The zero-order valence-electron chi connectivity index (χ0n) is 12.6. The third-order valence-electron chi connectivity index (χ3n) is 4.93. The first-order valence-corrected chi connectivity index (χ1v) is 8.45. The topological polar surface area (TPSA) is 61.4 Å². The summed E-state index contributed by atoms with van der Waals surface area (Å²) in [5.74, 6) is 0.843. The van der Waals surface area contributed by atoms with E-state index in [-0.39, 0.29) is 24.7 Å². The number of aliphatic hydroxyl groups excluding tert-OH is 1. The number of benzene rings is 1. The van der Waals surface area contributed by atoms with Crippen molar-refractivity contribution in [2.75, 3.05) is 6.61 Å². The normalized spacial score (nSPS) is 30.6. The molecule has 120 valence electrons. The Morgan fingerprint density at radius 3 is 2.64 bits per heavy atom. The van der Waals surface area contributed by atoms with Crippen LogP contribution in [-0.4, -0.2) is 29.8 Å². The molecule has 0 spiro atoms. The van der Waals surface area contributed by atoms with Gasteiger partial charge in [0.15, 0.2) is 0 Å². The third-order valence-corrected chi connectivity index (χ3v) is 5.16. The maximum atomic E-state index is 12.0. The Hall–Kier alpha value is -1.26. The van der Waals surface area contributed by atoms with Crippen LogP contribution in [0.5, 0.6) is 0 Å². The minimum absolute atomic E-state index is 0.0712. The zero-order chi connectivity index (χ0) is 15.5. The van der Waals surface area contributed by atoms with Crippen molar-refractivity contribution in [3.63, 3.8) is 0 Å². The molecular weight excluding hydrogens is 300 g/mol. The van der Waals surface area contributed by atoms with E-state index in [1.165, 1.54) is 5.56 Å². The van der Waals surface area contributed by atoms with Crippen LogP contribution in [0.1, 0.15) is 43.6 Å². The highest BCUT2D eigenvalue weighted by Crippen LogP contribution is 2.37. The molecule has 0 aliphatic heterocycles. The van der Waals surface area contributed by atoms with E-state index < -0.39 is 0 Å². The molecule has 3 N–H and O–H groups in total. The zero-order valence-corrected chi connectivity index (χ0v) is 13.4. The fourth-order valence-electron chi connectivity index (χ4n) is 3.55. The minimum atomic E-state index is -0.0712. The summed E-state index contributed by atoms with van der Waals surface area (Å²) >= 11 is 6.01. The van der Waals surface area contributed by atoms with Gasteiger partial charge in [0.05, 0.1) is 0 Å². The van der Waals surface area contributed by atoms with Crippen molar-refractivity contribution in [3.05, 3.63) is 34.9 Å². The molecule has 4 nitrogen and oxygen atoms in total. The van der Waals surface area contributed by atoms with Gasteiger partial charge in [0.2, 0.25) is 0 Å². The number of rotatable bonds is 4. The van der Waals surface area contributed by atoms with Gasteiger partial charge < -0.3 is 15.7 Å². The molecule has 2 saturated carbocycles. The summed E-state index contributed by atoms with van der Waals surface area (Å²) in [6.45, 7) is 0.226. The van der Waals surface area contributed by atoms with Gasteiger partial charge in [-0.3, -0.25) is 0 Å². The van der Waals surface area contributed by atoms with Gasteiger partial charge in [-0.15, -0.1) is 0 Å². The molecule has 0 saturated heterocycles. The van der Waals surface area contributed by atoms with Crippen LogP contribution in [-0.2, 0) is 0 Å². The van der Waals surface area contributed by atoms with Gasteiger partial charge in [0.1, 0.15) is 0 Å². The molecule has 5 heteroatoms.